The van der Waals surface area contributed by atoms with Crippen LogP contribution in [-0.2, 0) is 11.0 Å². The summed E-state index contributed by atoms with van der Waals surface area (Å²) in [6.07, 6.45) is -0.280. The Labute approximate surface area is 139 Å². The summed E-state index contributed by atoms with van der Waals surface area (Å²) in [4.78, 5) is 11.9. The molecule has 4 nitrogen and oxygen atoms in total. The zero-order valence-electron chi connectivity index (χ0n) is 13.3. The molecule has 0 heterocycles. The maximum Gasteiger partial charge on any atom is 0.416 e. The number of benzene rings is 1. The number of hydrogen-bond acceptors (Lipinski definition) is 3. The van der Waals surface area contributed by atoms with Gasteiger partial charge in [-0.15, -0.1) is 0 Å². The fourth-order valence-electron chi connectivity index (χ4n) is 2.72. The molecule has 1 aliphatic rings. The maximum atomic E-state index is 12.4. The minimum atomic E-state index is -4.39. The number of amides is 1. The molecule has 2 rings (SSSR count). The number of carbonyl (C=O) groups is 1. The van der Waals surface area contributed by atoms with Crippen molar-refractivity contribution in [2.45, 2.75) is 44.4 Å². The van der Waals surface area contributed by atoms with E-state index in [-0.39, 0.29) is 30.7 Å². The largest absolute Gasteiger partial charge is 0.491 e. The van der Waals surface area contributed by atoms with E-state index < -0.39 is 17.8 Å². The number of alkyl halides is 3. The van der Waals surface area contributed by atoms with Gasteiger partial charge in [0.25, 0.3) is 0 Å². The molecule has 0 spiro atoms. The van der Waals surface area contributed by atoms with Crippen LogP contribution in [0.25, 0.3) is 0 Å². The maximum absolute atomic E-state index is 12.4. The number of aliphatic hydroxyl groups is 1. The van der Waals surface area contributed by atoms with Crippen LogP contribution < -0.4 is 10.1 Å². The number of carbonyl (C=O) groups excluding carboxylic acids is 1. The van der Waals surface area contributed by atoms with Gasteiger partial charge in [-0.1, -0.05) is 19.3 Å². The van der Waals surface area contributed by atoms with Crippen LogP contribution in [-0.4, -0.2) is 30.3 Å². The molecule has 7 heteroatoms. The van der Waals surface area contributed by atoms with Gasteiger partial charge in [0.15, 0.2) is 0 Å². The van der Waals surface area contributed by atoms with Gasteiger partial charge in [0.1, 0.15) is 18.5 Å². The van der Waals surface area contributed by atoms with Crippen molar-refractivity contribution < 1.29 is 27.8 Å². The number of nitrogens with one attached hydrogen (secondary N) is 1. The predicted molar refractivity (Wildman–Crippen MR) is 82.5 cm³/mol. The Bertz CT molecular complexity index is 525. The van der Waals surface area contributed by atoms with Crippen molar-refractivity contribution in [1.29, 1.82) is 0 Å². The number of aliphatic hydroxyl groups excluding tert-OH is 1. The van der Waals surface area contributed by atoms with Crippen molar-refractivity contribution in [2.24, 2.45) is 5.92 Å². The number of ether oxygens (including phenoxy) is 1. The van der Waals surface area contributed by atoms with Crippen LogP contribution in [0.2, 0.25) is 0 Å². The van der Waals surface area contributed by atoms with Crippen molar-refractivity contribution in [3.63, 3.8) is 0 Å². The molecule has 1 aliphatic carbocycles. The van der Waals surface area contributed by atoms with Gasteiger partial charge in [0.05, 0.1) is 5.56 Å². The summed E-state index contributed by atoms with van der Waals surface area (Å²) < 4.78 is 42.6. The topological polar surface area (TPSA) is 58.6 Å². The Morgan fingerprint density at radius 1 is 1.21 bits per heavy atom. The molecule has 1 aromatic rings. The highest BCUT2D eigenvalue weighted by Gasteiger charge is 2.30. The Hall–Kier alpha value is -1.76. The van der Waals surface area contributed by atoms with E-state index in [0.717, 1.165) is 44.2 Å². The van der Waals surface area contributed by atoms with Crippen molar-refractivity contribution in [3.05, 3.63) is 29.8 Å². The molecular weight excluding hydrogens is 323 g/mol. The molecule has 0 radical (unpaired) electrons. The molecule has 24 heavy (non-hydrogen) atoms. The molecular formula is C17H22F3NO3. The molecule has 1 aromatic carbocycles. The van der Waals surface area contributed by atoms with E-state index in [1.54, 1.807) is 0 Å². The minimum absolute atomic E-state index is 0.0155. The molecule has 0 saturated heterocycles. The van der Waals surface area contributed by atoms with E-state index in [1.165, 1.54) is 12.1 Å². The number of halogens is 3. The summed E-state index contributed by atoms with van der Waals surface area (Å²) in [5.74, 6) is 0.200. The predicted octanol–water partition coefficient (Wildman–Crippen LogP) is 3.14. The molecule has 0 aromatic heterocycles. The summed E-state index contributed by atoms with van der Waals surface area (Å²) in [7, 11) is 0. The van der Waals surface area contributed by atoms with Gasteiger partial charge in [0.2, 0.25) is 5.91 Å². The fourth-order valence-corrected chi connectivity index (χ4v) is 2.72. The second-order valence-electron chi connectivity index (χ2n) is 6.07. The number of hydrogen-bond donors (Lipinski definition) is 2. The third-order valence-corrected chi connectivity index (χ3v) is 4.11. The SMILES string of the molecule is O=C(NC[C@H](O)COc1ccc(C(F)(F)F)cc1)C1CCCCC1. The average molecular weight is 345 g/mol. The lowest BCUT2D eigenvalue weighted by Gasteiger charge is -2.21. The minimum Gasteiger partial charge on any atom is -0.491 e. The first-order valence-corrected chi connectivity index (χ1v) is 8.12. The molecule has 0 aliphatic heterocycles. The second kappa shape index (κ2) is 8.37. The van der Waals surface area contributed by atoms with E-state index in [0.29, 0.717) is 0 Å². The Kier molecular flexibility index (Phi) is 6.48. The quantitative estimate of drug-likeness (QED) is 0.833. The number of rotatable bonds is 6. The molecule has 2 N–H and O–H groups in total. The zero-order chi connectivity index (χ0) is 17.6. The molecule has 0 unspecified atom stereocenters. The molecule has 134 valence electrons. The van der Waals surface area contributed by atoms with Crippen molar-refractivity contribution in [1.82, 2.24) is 5.32 Å². The van der Waals surface area contributed by atoms with Gasteiger partial charge in [-0.05, 0) is 37.1 Å². The summed E-state index contributed by atoms with van der Waals surface area (Å²) in [5, 5.41) is 12.5. The normalized spacial score (nSPS) is 17.3. The molecule has 0 bridgehead atoms. The van der Waals surface area contributed by atoms with Gasteiger partial charge in [0, 0.05) is 12.5 Å². The van der Waals surface area contributed by atoms with Crippen molar-refractivity contribution in [2.75, 3.05) is 13.2 Å². The summed E-state index contributed by atoms with van der Waals surface area (Å²) in [6, 6.07) is 4.26. The standard InChI is InChI=1S/C17H22F3NO3/c18-17(19,20)13-6-8-15(9-7-13)24-11-14(22)10-21-16(23)12-4-2-1-3-5-12/h6-9,12,14,22H,1-5,10-11H2,(H,21,23)/t14-/m0/s1. The monoisotopic (exact) mass is 345 g/mol. The average Bonchev–Trinajstić information content (AvgIpc) is 2.58. The Morgan fingerprint density at radius 2 is 1.83 bits per heavy atom. The lowest BCUT2D eigenvalue weighted by Crippen LogP contribution is -2.39. The van der Waals surface area contributed by atoms with E-state index >= 15 is 0 Å². The van der Waals surface area contributed by atoms with E-state index in [1.807, 2.05) is 0 Å². The first-order valence-electron chi connectivity index (χ1n) is 8.12. The Morgan fingerprint density at radius 3 is 2.42 bits per heavy atom. The van der Waals surface area contributed by atoms with Crippen LogP contribution >= 0.6 is 0 Å². The molecule has 1 atom stereocenters. The second-order valence-corrected chi connectivity index (χ2v) is 6.07. The van der Waals surface area contributed by atoms with Crippen molar-refractivity contribution in [3.8, 4) is 5.75 Å². The third-order valence-electron chi connectivity index (χ3n) is 4.11. The van der Waals surface area contributed by atoms with Crippen LogP contribution in [0.1, 0.15) is 37.7 Å². The third kappa shape index (κ3) is 5.70. The summed E-state index contributed by atoms with van der Waals surface area (Å²) in [5.41, 5.74) is -0.754. The van der Waals surface area contributed by atoms with Crippen LogP contribution in [0, 0.1) is 5.92 Å². The van der Waals surface area contributed by atoms with Gasteiger partial charge in [-0.3, -0.25) is 4.79 Å². The molecule has 1 saturated carbocycles. The first-order chi connectivity index (χ1) is 11.4. The highest BCUT2D eigenvalue weighted by atomic mass is 19.4. The van der Waals surface area contributed by atoms with Gasteiger partial charge < -0.3 is 15.2 Å². The van der Waals surface area contributed by atoms with Crippen molar-refractivity contribution >= 4 is 5.91 Å². The zero-order valence-corrected chi connectivity index (χ0v) is 13.3. The van der Waals surface area contributed by atoms with E-state index in [2.05, 4.69) is 5.32 Å². The van der Waals surface area contributed by atoms with Gasteiger partial charge in [-0.25, -0.2) is 0 Å². The van der Waals surface area contributed by atoms with E-state index in [4.69, 9.17) is 4.74 Å². The van der Waals surface area contributed by atoms with E-state index in [9.17, 15) is 23.1 Å². The van der Waals surface area contributed by atoms with Crippen LogP contribution in [0.15, 0.2) is 24.3 Å². The lowest BCUT2D eigenvalue weighted by molar-refractivity contribution is -0.137. The summed E-state index contributed by atoms with van der Waals surface area (Å²) in [6.45, 7) is -0.0354. The van der Waals surface area contributed by atoms with Gasteiger partial charge in [-0.2, -0.15) is 13.2 Å². The fraction of sp³-hybridized carbons (Fsp3) is 0.588. The van der Waals surface area contributed by atoms with Crippen LogP contribution in [0.3, 0.4) is 0 Å². The van der Waals surface area contributed by atoms with Crippen LogP contribution in [0.5, 0.6) is 5.75 Å². The van der Waals surface area contributed by atoms with Crippen LogP contribution in [0.4, 0.5) is 13.2 Å². The first kappa shape index (κ1) is 18.6. The highest BCUT2D eigenvalue weighted by Crippen LogP contribution is 2.30. The lowest BCUT2D eigenvalue weighted by atomic mass is 9.89. The molecule has 1 amide bonds. The van der Waals surface area contributed by atoms with Gasteiger partial charge >= 0.3 is 6.18 Å². The Balaban J connectivity index is 1.70. The molecule has 1 fully saturated rings. The summed E-state index contributed by atoms with van der Waals surface area (Å²) >= 11 is 0. The highest BCUT2D eigenvalue weighted by molar-refractivity contribution is 5.78. The smallest absolute Gasteiger partial charge is 0.416 e.